The lowest BCUT2D eigenvalue weighted by Crippen LogP contribution is -2.36. The monoisotopic (exact) mass is 287 g/mol. The molecule has 5 heteroatoms. The van der Waals surface area contributed by atoms with Gasteiger partial charge in [-0.25, -0.2) is 4.79 Å². The fraction of sp³-hybridized carbons (Fsp3) is 0.312. The Morgan fingerprint density at radius 1 is 1.24 bits per heavy atom. The van der Waals surface area contributed by atoms with E-state index in [1.54, 1.807) is 6.26 Å². The van der Waals surface area contributed by atoms with E-state index in [9.17, 15) is 4.79 Å². The van der Waals surface area contributed by atoms with Crippen molar-refractivity contribution < 1.29 is 9.21 Å². The van der Waals surface area contributed by atoms with E-state index in [1.165, 1.54) is 0 Å². The number of nitrogens with zero attached hydrogens (tertiary/aromatic N) is 1. The summed E-state index contributed by atoms with van der Waals surface area (Å²) in [5, 5.41) is 5.67. The van der Waals surface area contributed by atoms with Gasteiger partial charge in [0.25, 0.3) is 0 Å². The maximum atomic E-state index is 11.9. The van der Waals surface area contributed by atoms with Crippen LogP contribution in [0.1, 0.15) is 17.4 Å². The molecule has 1 atom stereocenters. The van der Waals surface area contributed by atoms with Crippen LogP contribution in [0.15, 0.2) is 47.1 Å². The summed E-state index contributed by atoms with van der Waals surface area (Å²) in [4.78, 5) is 13.9. The number of furan rings is 1. The van der Waals surface area contributed by atoms with Crippen LogP contribution in [-0.2, 0) is 0 Å². The molecule has 0 unspecified atom stereocenters. The Kier molecular flexibility index (Phi) is 5.00. The molecule has 1 aromatic carbocycles. The summed E-state index contributed by atoms with van der Waals surface area (Å²) >= 11 is 0. The lowest BCUT2D eigenvalue weighted by Gasteiger charge is -2.22. The highest BCUT2D eigenvalue weighted by Gasteiger charge is 2.17. The van der Waals surface area contributed by atoms with Crippen molar-refractivity contribution in [2.45, 2.75) is 13.0 Å². The largest absolute Gasteiger partial charge is 0.468 e. The molecule has 0 aliphatic heterocycles. The highest BCUT2D eigenvalue weighted by molar-refractivity contribution is 5.89. The second-order valence-electron chi connectivity index (χ2n) is 5.20. The Balaban J connectivity index is 1.89. The standard InChI is InChI=1S/C16H21N3O2/c1-12-6-8-13(9-7-12)18-16(20)17-11-14(19(2)3)15-5-4-10-21-15/h4-10,14H,11H2,1-3H3,(H2,17,18,20)/t14-/m1/s1. The summed E-state index contributed by atoms with van der Waals surface area (Å²) < 4.78 is 5.41. The third kappa shape index (κ3) is 4.36. The van der Waals surface area contributed by atoms with Crippen molar-refractivity contribution in [1.82, 2.24) is 10.2 Å². The van der Waals surface area contributed by atoms with E-state index in [1.807, 2.05) is 62.3 Å². The van der Waals surface area contributed by atoms with Gasteiger partial charge in [0.1, 0.15) is 5.76 Å². The predicted octanol–water partition coefficient (Wildman–Crippen LogP) is 3.01. The van der Waals surface area contributed by atoms with Crippen molar-refractivity contribution in [1.29, 1.82) is 0 Å². The minimum atomic E-state index is -0.225. The van der Waals surface area contributed by atoms with Gasteiger partial charge in [-0.2, -0.15) is 0 Å². The lowest BCUT2D eigenvalue weighted by molar-refractivity contribution is 0.233. The molecule has 1 heterocycles. The van der Waals surface area contributed by atoms with Gasteiger partial charge in [-0.15, -0.1) is 0 Å². The van der Waals surface area contributed by atoms with E-state index in [0.717, 1.165) is 17.0 Å². The molecular formula is C16H21N3O2. The molecule has 0 bridgehead atoms. The summed E-state index contributed by atoms with van der Waals surface area (Å²) in [6.45, 7) is 2.48. The molecular weight excluding hydrogens is 266 g/mol. The molecule has 1 aromatic heterocycles. The van der Waals surface area contributed by atoms with E-state index in [0.29, 0.717) is 6.54 Å². The van der Waals surface area contributed by atoms with Crippen molar-refractivity contribution in [3.8, 4) is 0 Å². The number of likely N-dealkylation sites (N-methyl/N-ethyl adjacent to an activating group) is 1. The molecule has 0 aliphatic carbocycles. The van der Waals surface area contributed by atoms with Crippen LogP contribution in [0.3, 0.4) is 0 Å². The summed E-state index contributed by atoms with van der Waals surface area (Å²) in [5.41, 5.74) is 1.93. The molecule has 21 heavy (non-hydrogen) atoms. The molecule has 2 rings (SSSR count). The van der Waals surface area contributed by atoms with Crippen LogP contribution in [0.2, 0.25) is 0 Å². The number of hydrogen-bond donors (Lipinski definition) is 2. The number of urea groups is 1. The lowest BCUT2D eigenvalue weighted by atomic mass is 10.2. The third-order valence-electron chi connectivity index (χ3n) is 3.26. The topological polar surface area (TPSA) is 57.5 Å². The van der Waals surface area contributed by atoms with Crippen LogP contribution in [0.5, 0.6) is 0 Å². The maximum Gasteiger partial charge on any atom is 0.319 e. The average molecular weight is 287 g/mol. The molecule has 2 N–H and O–H groups in total. The average Bonchev–Trinajstić information content (AvgIpc) is 2.95. The molecule has 0 saturated carbocycles. The molecule has 5 nitrogen and oxygen atoms in total. The first-order valence-corrected chi connectivity index (χ1v) is 6.87. The Labute approximate surface area is 124 Å². The first-order valence-electron chi connectivity index (χ1n) is 6.87. The Morgan fingerprint density at radius 2 is 1.95 bits per heavy atom. The summed E-state index contributed by atoms with van der Waals surface area (Å²) in [5.74, 6) is 0.829. The number of carbonyl (C=O) groups is 1. The van der Waals surface area contributed by atoms with Crippen LogP contribution < -0.4 is 10.6 Å². The van der Waals surface area contributed by atoms with Gasteiger partial charge in [0.2, 0.25) is 0 Å². The van der Waals surface area contributed by atoms with Gasteiger partial charge in [-0.1, -0.05) is 17.7 Å². The van der Waals surface area contributed by atoms with Crippen molar-refractivity contribution >= 4 is 11.7 Å². The SMILES string of the molecule is Cc1ccc(NC(=O)NC[C@H](c2ccco2)N(C)C)cc1. The van der Waals surface area contributed by atoms with Gasteiger partial charge >= 0.3 is 6.03 Å². The quantitative estimate of drug-likeness (QED) is 0.888. The van der Waals surface area contributed by atoms with Crippen molar-refractivity contribution in [3.63, 3.8) is 0 Å². The number of carbonyl (C=O) groups excluding carboxylic acids is 1. The number of rotatable bonds is 5. The van der Waals surface area contributed by atoms with Gasteiger partial charge < -0.3 is 15.1 Å². The minimum Gasteiger partial charge on any atom is -0.468 e. The number of aryl methyl sites for hydroxylation is 1. The van der Waals surface area contributed by atoms with Gasteiger partial charge in [0.15, 0.2) is 0 Å². The molecule has 0 aliphatic rings. The zero-order chi connectivity index (χ0) is 15.2. The van der Waals surface area contributed by atoms with Gasteiger partial charge in [0, 0.05) is 12.2 Å². The number of anilines is 1. The van der Waals surface area contributed by atoms with Crippen molar-refractivity contribution in [2.24, 2.45) is 0 Å². The number of amides is 2. The Hall–Kier alpha value is -2.27. The van der Waals surface area contributed by atoms with Crippen LogP contribution >= 0.6 is 0 Å². The van der Waals surface area contributed by atoms with Crippen LogP contribution in [0.25, 0.3) is 0 Å². The Bertz CT molecular complexity index is 562. The maximum absolute atomic E-state index is 11.9. The van der Waals surface area contributed by atoms with Gasteiger partial charge in [-0.3, -0.25) is 4.90 Å². The van der Waals surface area contributed by atoms with Crippen molar-refractivity contribution in [2.75, 3.05) is 26.0 Å². The minimum absolute atomic E-state index is 0.00349. The van der Waals surface area contributed by atoms with Gasteiger partial charge in [0.05, 0.1) is 12.3 Å². The number of hydrogen-bond acceptors (Lipinski definition) is 3. The first-order chi connectivity index (χ1) is 10.1. The molecule has 2 amide bonds. The molecule has 0 radical (unpaired) electrons. The zero-order valence-electron chi connectivity index (χ0n) is 12.6. The van der Waals surface area contributed by atoms with Gasteiger partial charge in [-0.05, 0) is 45.3 Å². The molecule has 2 aromatic rings. The zero-order valence-corrected chi connectivity index (χ0v) is 12.6. The van der Waals surface area contributed by atoms with E-state index in [-0.39, 0.29) is 12.1 Å². The molecule has 0 fully saturated rings. The number of nitrogens with one attached hydrogen (secondary N) is 2. The normalized spacial score (nSPS) is 12.2. The number of benzene rings is 1. The smallest absolute Gasteiger partial charge is 0.319 e. The summed E-state index contributed by atoms with van der Waals surface area (Å²) in [7, 11) is 3.90. The Morgan fingerprint density at radius 3 is 2.52 bits per heavy atom. The summed E-state index contributed by atoms with van der Waals surface area (Å²) in [6, 6.07) is 11.2. The van der Waals surface area contributed by atoms with E-state index in [2.05, 4.69) is 10.6 Å². The van der Waals surface area contributed by atoms with E-state index in [4.69, 9.17) is 4.42 Å². The van der Waals surface area contributed by atoms with Crippen LogP contribution in [0, 0.1) is 6.92 Å². The van der Waals surface area contributed by atoms with E-state index >= 15 is 0 Å². The highest BCUT2D eigenvalue weighted by atomic mass is 16.3. The third-order valence-corrected chi connectivity index (χ3v) is 3.26. The fourth-order valence-electron chi connectivity index (χ4n) is 2.02. The summed E-state index contributed by atoms with van der Waals surface area (Å²) in [6.07, 6.45) is 1.64. The highest BCUT2D eigenvalue weighted by Crippen LogP contribution is 2.17. The van der Waals surface area contributed by atoms with Crippen LogP contribution in [-0.4, -0.2) is 31.6 Å². The van der Waals surface area contributed by atoms with Crippen molar-refractivity contribution in [3.05, 3.63) is 54.0 Å². The molecule has 0 saturated heterocycles. The first kappa shape index (κ1) is 15.1. The predicted molar refractivity (Wildman–Crippen MR) is 83.3 cm³/mol. The second-order valence-corrected chi connectivity index (χ2v) is 5.20. The second kappa shape index (κ2) is 6.95. The van der Waals surface area contributed by atoms with Crippen LogP contribution in [0.4, 0.5) is 10.5 Å². The van der Waals surface area contributed by atoms with E-state index < -0.39 is 0 Å². The fourth-order valence-corrected chi connectivity index (χ4v) is 2.02. The molecule has 0 spiro atoms. The molecule has 112 valence electrons.